The first-order chi connectivity index (χ1) is 6.62. The minimum absolute atomic E-state index is 0.227. The van der Waals surface area contributed by atoms with Gasteiger partial charge in [-0.3, -0.25) is 0 Å². The third-order valence-corrected chi connectivity index (χ3v) is 2.77. The molecule has 1 N–H and O–H groups in total. The molecule has 0 amide bonds. The van der Waals surface area contributed by atoms with Crippen LogP contribution in [0.3, 0.4) is 0 Å². The molecule has 0 bridgehead atoms. The van der Waals surface area contributed by atoms with E-state index < -0.39 is 0 Å². The zero-order valence-corrected chi connectivity index (χ0v) is 9.81. The van der Waals surface area contributed by atoms with Crippen LogP contribution < -0.4 is 5.32 Å². The monoisotopic (exact) mass is 200 g/mol. The van der Waals surface area contributed by atoms with Crippen molar-refractivity contribution in [1.82, 2.24) is 10.2 Å². The Bertz CT molecular complexity index is 153. The van der Waals surface area contributed by atoms with Gasteiger partial charge in [0.15, 0.2) is 0 Å². The van der Waals surface area contributed by atoms with Gasteiger partial charge in [-0.1, -0.05) is 0 Å². The second-order valence-electron chi connectivity index (χ2n) is 4.80. The Balaban J connectivity index is 2.09. The van der Waals surface area contributed by atoms with Crippen LogP contribution in [0.2, 0.25) is 0 Å². The number of rotatable bonds is 5. The van der Waals surface area contributed by atoms with Gasteiger partial charge in [-0.15, -0.1) is 0 Å². The third-order valence-electron chi connectivity index (χ3n) is 2.77. The SMILES string of the molecule is CN(C)CCCNC1(C)CCCOC1. The van der Waals surface area contributed by atoms with E-state index in [0.717, 1.165) is 26.3 Å². The number of nitrogens with one attached hydrogen (secondary N) is 1. The average molecular weight is 200 g/mol. The van der Waals surface area contributed by atoms with Crippen LogP contribution in [0.15, 0.2) is 0 Å². The second-order valence-corrected chi connectivity index (χ2v) is 4.80. The lowest BCUT2D eigenvalue weighted by Crippen LogP contribution is -2.49. The maximum Gasteiger partial charge on any atom is 0.0645 e. The predicted molar refractivity (Wildman–Crippen MR) is 59.6 cm³/mol. The van der Waals surface area contributed by atoms with E-state index >= 15 is 0 Å². The summed E-state index contributed by atoms with van der Waals surface area (Å²) in [6.07, 6.45) is 3.65. The van der Waals surface area contributed by atoms with Crippen molar-refractivity contribution in [2.24, 2.45) is 0 Å². The van der Waals surface area contributed by atoms with Crippen molar-refractivity contribution in [3.63, 3.8) is 0 Å². The molecule has 1 saturated heterocycles. The zero-order chi connectivity index (χ0) is 10.4. The van der Waals surface area contributed by atoms with Gasteiger partial charge in [0.25, 0.3) is 0 Å². The topological polar surface area (TPSA) is 24.5 Å². The quantitative estimate of drug-likeness (QED) is 0.673. The molecule has 0 aromatic carbocycles. The molecule has 1 fully saturated rings. The summed E-state index contributed by atoms with van der Waals surface area (Å²) in [4.78, 5) is 2.22. The van der Waals surface area contributed by atoms with E-state index in [-0.39, 0.29) is 5.54 Å². The molecule has 84 valence electrons. The molecule has 1 atom stereocenters. The van der Waals surface area contributed by atoms with Crippen molar-refractivity contribution in [2.45, 2.75) is 31.7 Å². The summed E-state index contributed by atoms with van der Waals surface area (Å²) < 4.78 is 5.49. The van der Waals surface area contributed by atoms with Gasteiger partial charge in [0, 0.05) is 12.1 Å². The van der Waals surface area contributed by atoms with Crippen LogP contribution in [0.25, 0.3) is 0 Å². The van der Waals surface area contributed by atoms with Gasteiger partial charge >= 0.3 is 0 Å². The fraction of sp³-hybridized carbons (Fsp3) is 1.00. The molecule has 0 aliphatic carbocycles. The van der Waals surface area contributed by atoms with Crippen LogP contribution in [0, 0.1) is 0 Å². The Labute approximate surface area is 87.8 Å². The normalized spacial score (nSPS) is 28.3. The van der Waals surface area contributed by atoms with E-state index in [9.17, 15) is 0 Å². The molecule has 0 aromatic rings. The zero-order valence-electron chi connectivity index (χ0n) is 9.81. The van der Waals surface area contributed by atoms with Gasteiger partial charge < -0.3 is 15.0 Å². The average Bonchev–Trinajstić information content (AvgIpc) is 2.14. The fourth-order valence-corrected chi connectivity index (χ4v) is 1.86. The van der Waals surface area contributed by atoms with Crippen LogP contribution in [0.5, 0.6) is 0 Å². The van der Waals surface area contributed by atoms with Crippen molar-refractivity contribution < 1.29 is 4.74 Å². The third kappa shape index (κ3) is 4.40. The van der Waals surface area contributed by atoms with Gasteiger partial charge in [-0.2, -0.15) is 0 Å². The molecule has 3 nitrogen and oxygen atoms in total. The molecule has 14 heavy (non-hydrogen) atoms. The van der Waals surface area contributed by atoms with E-state index in [2.05, 4.69) is 31.2 Å². The van der Waals surface area contributed by atoms with Gasteiger partial charge in [0.1, 0.15) is 0 Å². The number of hydrogen-bond acceptors (Lipinski definition) is 3. The van der Waals surface area contributed by atoms with Crippen molar-refractivity contribution in [3.05, 3.63) is 0 Å². The predicted octanol–water partition coefficient (Wildman–Crippen LogP) is 1.10. The second kappa shape index (κ2) is 5.69. The van der Waals surface area contributed by atoms with Gasteiger partial charge in [0.2, 0.25) is 0 Å². The minimum atomic E-state index is 0.227. The molecule has 0 aromatic heterocycles. The molecule has 1 rings (SSSR count). The molecule has 1 heterocycles. The molecule has 1 aliphatic heterocycles. The van der Waals surface area contributed by atoms with Crippen LogP contribution in [-0.2, 0) is 4.74 Å². The van der Waals surface area contributed by atoms with Crippen molar-refractivity contribution in [2.75, 3.05) is 40.4 Å². The lowest BCUT2D eigenvalue weighted by molar-refractivity contribution is 0.0285. The first kappa shape index (κ1) is 12.0. The fourth-order valence-electron chi connectivity index (χ4n) is 1.86. The maximum atomic E-state index is 5.49. The van der Waals surface area contributed by atoms with E-state index in [0.29, 0.717) is 0 Å². The van der Waals surface area contributed by atoms with Gasteiger partial charge in [-0.05, 0) is 53.4 Å². The van der Waals surface area contributed by atoms with Crippen LogP contribution >= 0.6 is 0 Å². The molecule has 1 aliphatic rings. The number of nitrogens with zero attached hydrogens (tertiary/aromatic N) is 1. The Morgan fingerprint density at radius 2 is 2.21 bits per heavy atom. The highest BCUT2D eigenvalue weighted by Gasteiger charge is 2.26. The molecule has 0 spiro atoms. The summed E-state index contributed by atoms with van der Waals surface area (Å²) in [5, 5.41) is 3.60. The summed E-state index contributed by atoms with van der Waals surface area (Å²) in [6, 6.07) is 0. The lowest BCUT2D eigenvalue weighted by atomic mass is 9.95. The molecular formula is C11H24N2O. The summed E-state index contributed by atoms with van der Waals surface area (Å²) >= 11 is 0. The summed E-state index contributed by atoms with van der Waals surface area (Å²) in [6.45, 7) is 6.33. The highest BCUT2D eigenvalue weighted by Crippen LogP contribution is 2.17. The van der Waals surface area contributed by atoms with Gasteiger partial charge in [0.05, 0.1) is 6.61 Å². The molecular weight excluding hydrogens is 176 g/mol. The van der Waals surface area contributed by atoms with Crippen LogP contribution in [-0.4, -0.2) is 50.8 Å². The largest absolute Gasteiger partial charge is 0.380 e. The van der Waals surface area contributed by atoms with E-state index in [1.165, 1.54) is 19.3 Å². The standard InChI is InChI=1S/C11H24N2O/c1-11(6-4-9-14-10-11)12-7-5-8-13(2)3/h12H,4-10H2,1-3H3. The van der Waals surface area contributed by atoms with E-state index in [1.807, 2.05) is 0 Å². The number of ether oxygens (including phenoxy) is 1. The Morgan fingerprint density at radius 3 is 2.79 bits per heavy atom. The molecule has 0 saturated carbocycles. The van der Waals surface area contributed by atoms with Crippen LogP contribution in [0.1, 0.15) is 26.2 Å². The molecule has 1 unspecified atom stereocenters. The first-order valence-corrected chi connectivity index (χ1v) is 5.60. The van der Waals surface area contributed by atoms with Crippen molar-refractivity contribution in [3.8, 4) is 0 Å². The van der Waals surface area contributed by atoms with Crippen molar-refractivity contribution >= 4 is 0 Å². The molecule has 3 heteroatoms. The minimum Gasteiger partial charge on any atom is -0.380 e. The first-order valence-electron chi connectivity index (χ1n) is 5.60. The summed E-state index contributed by atoms with van der Waals surface area (Å²) in [5.74, 6) is 0. The lowest BCUT2D eigenvalue weighted by Gasteiger charge is -2.34. The smallest absolute Gasteiger partial charge is 0.0645 e. The summed E-state index contributed by atoms with van der Waals surface area (Å²) in [7, 11) is 4.23. The van der Waals surface area contributed by atoms with Crippen molar-refractivity contribution in [1.29, 1.82) is 0 Å². The highest BCUT2D eigenvalue weighted by molar-refractivity contribution is 4.85. The van der Waals surface area contributed by atoms with Gasteiger partial charge in [-0.25, -0.2) is 0 Å². The molecule has 0 radical (unpaired) electrons. The van der Waals surface area contributed by atoms with E-state index in [4.69, 9.17) is 4.74 Å². The van der Waals surface area contributed by atoms with E-state index in [1.54, 1.807) is 0 Å². The summed E-state index contributed by atoms with van der Waals surface area (Å²) in [5.41, 5.74) is 0.227. The Kier molecular flexibility index (Phi) is 4.85. The maximum absolute atomic E-state index is 5.49. The Morgan fingerprint density at radius 1 is 1.43 bits per heavy atom. The highest BCUT2D eigenvalue weighted by atomic mass is 16.5. The Hall–Kier alpha value is -0.120. The number of hydrogen-bond donors (Lipinski definition) is 1. The van der Waals surface area contributed by atoms with Crippen LogP contribution in [0.4, 0.5) is 0 Å².